The second-order valence-corrected chi connectivity index (χ2v) is 18.6. The van der Waals surface area contributed by atoms with Crippen molar-refractivity contribution in [3.63, 3.8) is 0 Å². The molecular formula is C31H46N2O6Si. The SMILES string of the molecule is CC(C)(C)[C@@]1([C@@H](O)[C@H](Cc2ccccc2)NC(=O)OCC[Si](C)(C)C)C[C@@H](OCc2ccccc2)CN1C(=O)O. The molecule has 3 N–H and O–H groups in total. The molecule has 0 radical (unpaired) electrons. The highest BCUT2D eigenvalue weighted by molar-refractivity contribution is 6.76. The molecule has 0 saturated carbocycles. The summed E-state index contributed by atoms with van der Waals surface area (Å²) >= 11 is 0. The summed E-state index contributed by atoms with van der Waals surface area (Å²) in [5, 5.41) is 25.4. The molecule has 0 bridgehead atoms. The van der Waals surface area contributed by atoms with Crippen molar-refractivity contribution in [1.29, 1.82) is 0 Å². The summed E-state index contributed by atoms with van der Waals surface area (Å²) in [5.41, 5.74) is -0.0168. The van der Waals surface area contributed by atoms with Crippen LogP contribution in [0.3, 0.4) is 0 Å². The Bertz CT molecular complexity index is 1100. The predicted octanol–water partition coefficient (Wildman–Crippen LogP) is 5.78. The van der Waals surface area contributed by atoms with Gasteiger partial charge < -0.3 is 25.0 Å². The van der Waals surface area contributed by atoms with Crippen LogP contribution in [0.15, 0.2) is 60.7 Å². The molecule has 220 valence electrons. The number of hydrogen-bond donors (Lipinski definition) is 3. The molecule has 0 spiro atoms. The standard InChI is InChI=1S/C31H46N2O6Si/c1-30(2,3)31(20-25(21-33(31)29(36)37)39-22-24-15-11-8-12-16-24)27(34)26(19-23-13-9-7-10-14-23)32-28(35)38-17-18-40(4,5)6/h7-16,25-27,34H,17-22H2,1-6H3,(H,32,35)(H,36,37)/t25-,26+,27+,31+/m1/s1. The van der Waals surface area contributed by atoms with Gasteiger partial charge in [0.2, 0.25) is 0 Å². The molecule has 9 heteroatoms. The minimum absolute atomic E-state index is 0.120. The number of nitrogens with zero attached hydrogens (tertiary/aromatic N) is 1. The fourth-order valence-corrected chi connectivity index (χ4v) is 6.27. The molecule has 1 fully saturated rings. The van der Waals surface area contributed by atoms with Crippen LogP contribution in [0.25, 0.3) is 0 Å². The van der Waals surface area contributed by atoms with E-state index in [0.717, 1.165) is 17.2 Å². The highest BCUT2D eigenvalue weighted by Crippen LogP contribution is 2.48. The van der Waals surface area contributed by atoms with Crippen molar-refractivity contribution in [2.24, 2.45) is 5.41 Å². The third-order valence-corrected chi connectivity index (χ3v) is 9.53. The molecule has 8 nitrogen and oxygen atoms in total. The molecule has 2 aromatic carbocycles. The van der Waals surface area contributed by atoms with Crippen LogP contribution < -0.4 is 5.32 Å². The molecule has 4 atom stereocenters. The number of carbonyl (C=O) groups excluding carboxylic acids is 1. The summed E-state index contributed by atoms with van der Waals surface area (Å²) in [5.74, 6) is 0. The highest BCUT2D eigenvalue weighted by atomic mass is 28.3. The van der Waals surface area contributed by atoms with Crippen molar-refractivity contribution in [2.75, 3.05) is 13.2 Å². The van der Waals surface area contributed by atoms with Gasteiger partial charge in [0, 0.05) is 14.5 Å². The molecule has 2 amide bonds. The Labute approximate surface area is 239 Å². The van der Waals surface area contributed by atoms with Gasteiger partial charge in [-0.15, -0.1) is 0 Å². The van der Waals surface area contributed by atoms with E-state index in [4.69, 9.17) is 9.47 Å². The minimum Gasteiger partial charge on any atom is -0.465 e. The van der Waals surface area contributed by atoms with Gasteiger partial charge in [-0.3, -0.25) is 4.90 Å². The van der Waals surface area contributed by atoms with Crippen LogP contribution in [0, 0.1) is 5.41 Å². The van der Waals surface area contributed by atoms with Gasteiger partial charge in [0.25, 0.3) is 0 Å². The quantitative estimate of drug-likeness (QED) is 0.296. The number of hydrogen-bond acceptors (Lipinski definition) is 5. The zero-order chi connectivity index (χ0) is 29.6. The number of aliphatic hydroxyl groups is 1. The van der Waals surface area contributed by atoms with Gasteiger partial charge in [0.1, 0.15) is 0 Å². The van der Waals surface area contributed by atoms with Crippen molar-refractivity contribution >= 4 is 20.3 Å². The maximum atomic E-state index is 13.0. The van der Waals surface area contributed by atoms with Gasteiger partial charge in [-0.05, 0) is 29.0 Å². The molecule has 1 aliphatic heterocycles. The predicted molar refractivity (Wildman–Crippen MR) is 159 cm³/mol. The number of amides is 2. The number of benzene rings is 2. The second kappa shape index (κ2) is 13.2. The van der Waals surface area contributed by atoms with E-state index in [9.17, 15) is 19.8 Å². The van der Waals surface area contributed by atoms with Crippen LogP contribution in [0.1, 0.15) is 38.3 Å². The van der Waals surface area contributed by atoms with E-state index in [1.807, 2.05) is 81.4 Å². The Morgan fingerprint density at radius 1 is 1.05 bits per heavy atom. The summed E-state index contributed by atoms with van der Waals surface area (Å²) < 4.78 is 11.7. The minimum atomic E-state index is -1.41. The lowest BCUT2D eigenvalue weighted by Crippen LogP contribution is -2.67. The normalized spacial score (nSPS) is 21.1. The summed E-state index contributed by atoms with van der Waals surface area (Å²) in [7, 11) is -1.41. The molecular weight excluding hydrogens is 524 g/mol. The van der Waals surface area contributed by atoms with Crippen molar-refractivity contribution in [3.05, 3.63) is 71.8 Å². The summed E-state index contributed by atoms with van der Waals surface area (Å²) in [6.45, 7) is 13.2. The number of carboxylic acid groups (broad SMARTS) is 1. The summed E-state index contributed by atoms with van der Waals surface area (Å²) in [4.78, 5) is 27.0. The van der Waals surface area contributed by atoms with Crippen LogP contribution >= 0.6 is 0 Å². The fourth-order valence-electron chi connectivity index (χ4n) is 5.56. The van der Waals surface area contributed by atoms with Crippen LogP contribution in [-0.2, 0) is 22.5 Å². The van der Waals surface area contributed by atoms with Crippen LogP contribution in [0.2, 0.25) is 25.7 Å². The molecule has 3 rings (SSSR count). The first kappa shape index (κ1) is 31.6. The first-order chi connectivity index (χ1) is 18.7. The highest BCUT2D eigenvalue weighted by Gasteiger charge is 2.61. The van der Waals surface area contributed by atoms with Crippen LogP contribution in [0.4, 0.5) is 9.59 Å². The van der Waals surface area contributed by atoms with E-state index in [1.54, 1.807) is 0 Å². The van der Waals surface area contributed by atoms with Gasteiger partial charge in [-0.1, -0.05) is 101 Å². The number of nitrogens with one attached hydrogen (secondary N) is 1. The Balaban J connectivity index is 1.90. The molecule has 0 unspecified atom stereocenters. The lowest BCUT2D eigenvalue weighted by molar-refractivity contribution is -0.0813. The average Bonchev–Trinajstić information content (AvgIpc) is 3.29. The van der Waals surface area contributed by atoms with Gasteiger partial charge in [0.05, 0.1) is 43.5 Å². The lowest BCUT2D eigenvalue weighted by Gasteiger charge is -2.51. The molecule has 1 saturated heterocycles. The van der Waals surface area contributed by atoms with E-state index in [1.165, 1.54) is 4.90 Å². The maximum Gasteiger partial charge on any atom is 0.407 e. The molecule has 1 heterocycles. The zero-order valence-corrected chi connectivity index (χ0v) is 25.7. The third-order valence-electron chi connectivity index (χ3n) is 7.82. The third kappa shape index (κ3) is 8.08. The van der Waals surface area contributed by atoms with Crippen molar-refractivity contribution < 1.29 is 29.3 Å². The van der Waals surface area contributed by atoms with E-state index >= 15 is 0 Å². The summed E-state index contributed by atoms with van der Waals surface area (Å²) in [6.07, 6.45) is -2.81. The number of rotatable bonds is 11. The first-order valence-electron chi connectivity index (χ1n) is 14.0. The Kier molecular flexibility index (Phi) is 10.4. The molecule has 0 aromatic heterocycles. The van der Waals surface area contributed by atoms with Gasteiger partial charge >= 0.3 is 12.2 Å². The van der Waals surface area contributed by atoms with Crippen molar-refractivity contribution in [3.8, 4) is 0 Å². The average molecular weight is 571 g/mol. The van der Waals surface area contributed by atoms with Crippen LogP contribution in [0.5, 0.6) is 0 Å². The smallest absolute Gasteiger partial charge is 0.407 e. The maximum absolute atomic E-state index is 13.0. The number of alkyl carbamates (subject to hydrolysis) is 1. The number of ether oxygens (including phenoxy) is 2. The van der Waals surface area contributed by atoms with Crippen LogP contribution in [-0.4, -0.2) is 72.3 Å². The van der Waals surface area contributed by atoms with Gasteiger partial charge in [-0.2, -0.15) is 0 Å². The molecule has 40 heavy (non-hydrogen) atoms. The van der Waals surface area contributed by atoms with Gasteiger partial charge in [0.15, 0.2) is 0 Å². The largest absolute Gasteiger partial charge is 0.465 e. The molecule has 0 aliphatic carbocycles. The van der Waals surface area contributed by atoms with Crippen molar-refractivity contribution in [1.82, 2.24) is 10.2 Å². The Hall–Kier alpha value is -2.88. The van der Waals surface area contributed by atoms with Gasteiger partial charge in [-0.25, -0.2) is 9.59 Å². The molecule has 2 aromatic rings. The van der Waals surface area contributed by atoms with Crippen molar-refractivity contribution in [2.45, 2.75) is 89.7 Å². The Morgan fingerprint density at radius 2 is 1.62 bits per heavy atom. The molecule has 1 aliphatic rings. The topological polar surface area (TPSA) is 108 Å². The monoisotopic (exact) mass is 570 g/mol. The number of carbonyl (C=O) groups is 2. The summed E-state index contributed by atoms with van der Waals surface area (Å²) in [6, 6.07) is 19.3. The zero-order valence-electron chi connectivity index (χ0n) is 24.7. The lowest BCUT2D eigenvalue weighted by atomic mass is 9.66. The number of likely N-dealkylation sites (tertiary alicyclic amines) is 1. The van der Waals surface area contributed by atoms with E-state index < -0.39 is 49.5 Å². The fraction of sp³-hybridized carbons (Fsp3) is 0.548. The van der Waals surface area contributed by atoms with E-state index in [0.29, 0.717) is 19.6 Å². The van der Waals surface area contributed by atoms with E-state index in [2.05, 4.69) is 25.0 Å². The first-order valence-corrected chi connectivity index (χ1v) is 17.7. The number of aliphatic hydroxyl groups excluding tert-OH is 1. The Morgan fingerprint density at radius 3 is 2.15 bits per heavy atom. The second-order valence-electron chi connectivity index (χ2n) is 13.0. The van der Waals surface area contributed by atoms with E-state index in [-0.39, 0.29) is 13.0 Å².